The van der Waals surface area contributed by atoms with Gasteiger partial charge in [-0.25, -0.2) is 4.79 Å². The van der Waals surface area contributed by atoms with Gasteiger partial charge in [-0.3, -0.25) is 23.6 Å². The number of piperidine rings is 1. The molecule has 0 unspecified atom stereocenters. The zero-order chi connectivity index (χ0) is 18.7. The molecule has 1 aliphatic heterocycles. The van der Waals surface area contributed by atoms with Gasteiger partial charge in [-0.05, 0) is 32.2 Å². The number of amides is 1. The molecule has 0 aromatic carbocycles. The van der Waals surface area contributed by atoms with Crippen LogP contribution in [0.4, 0.5) is 0 Å². The number of hydrogen-bond acceptors (Lipinski definition) is 4. The van der Waals surface area contributed by atoms with E-state index >= 15 is 0 Å². The predicted octanol–water partition coefficient (Wildman–Crippen LogP) is 1.00. The molecule has 2 fully saturated rings. The van der Waals surface area contributed by atoms with Crippen LogP contribution in [0.25, 0.3) is 0 Å². The smallest absolute Gasteiger partial charge is 0.331 e. The fraction of sp³-hybridized carbons (Fsp3) is 0.737. The zero-order valence-electron chi connectivity index (χ0n) is 15.9. The molecule has 0 radical (unpaired) electrons. The van der Waals surface area contributed by atoms with E-state index in [0.717, 1.165) is 30.5 Å². The molecule has 1 amide bonds. The molecule has 1 atom stereocenters. The Morgan fingerprint density at radius 1 is 1.00 bits per heavy atom. The minimum absolute atomic E-state index is 0.0682. The van der Waals surface area contributed by atoms with E-state index in [1.807, 2.05) is 0 Å². The zero-order valence-corrected chi connectivity index (χ0v) is 15.9. The van der Waals surface area contributed by atoms with E-state index in [1.54, 1.807) is 0 Å². The molecule has 144 valence electrons. The standard InChI is InChI=1S/C19H30N4O3/c1-21-16(12-17(24)22(2)19(21)26)18(25)20-14-8-7-11-23(13-14)15-9-5-3-4-6-10-15/h12,14-15H,3-11,13H2,1-2H3,(H,20,25)/t14-/m0/s1. The Morgan fingerprint density at radius 3 is 2.38 bits per heavy atom. The quantitative estimate of drug-likeness (QED) is 0.814. The molecule has 1 aromatic rings. The number of nitrogens with zero attached hydrogens (tertiary/aromatic N) is 3. The minimum Gasteiger partial charge on any atom is -0.347 e. The third-order valence-electron chi connectivity index (χ3n) is 5.89. The Balaban J connectivity index is 1.68. The Kier molecular flexibility index (Phi) is 5.96. The average molecular weight is 362 g/mol. The van der Waals surface area contributed by atoms with Crippen molar-refractivity contribution in [3.05, 3.63) is 32.6 Å². The van der Waals surface area contributed by atoms with Gasteiger partial charge in [0.05, 0.1) is 0 Å². The van der Waals surface area contributed by atoms with Gasteiger partial charge in [-0.2, -0.15) is 0 Å². The molecule has 7 nitrogen and oxygen atoms in total. The highest BCUT2D eigenvalue weighted by atomic mass is 16.2. The molecule has 1 aromatic heterocycles. The third-order valence-corrected chi connectivity index (χ3v) is 5.89. The maximum atomic E-state index is 12.6. The number of carbonyl (C=O) groups is 1. The van der Waals surface area contributed by atoms with E-state index in [2.05, 4.69) is 10.2 Å². The van der Waals surface area contributed by atoms with Gasteiger partial charge in [0.15, 0.2) is 0 Å². The van der Waals surface area contributed by atoms with Gasteiger partial charge in [0.1, 0.15) is 5.69 Å². The summed E-state index contributed by atoms with van der Waals surface area (Å²) >= 11 is 0. The number of aromatic nitrogens is 2. The maximum Gasteiger partial charge on any atom is 0.331 e. The van der Waals surface area contributed by atoms with Gasteiger partial charge in [0.2, 0.25) is 0 Å². The van der Waals surface area contributed by atoms with Gasteiger partial charge in [-0.1, -0.05) is 25.7 Å². The van der Waals surface area contributed by atoms with Crippen molar-refractivity contribution in [3.8, 4) is 0 Å². The fourth-order valence-corrected chi connectivity index (χ4v) is 4.29. The van der Waals surface area contributed by atoms with Crippen LogP contribution >= 0.6 is 0 Å². The van der Waals surface area contributed by atoms with E-state index in [9.17, 15) is 14.4 Å². The summed E-state index contributed by atoms with van der Waals surface area (Å²) in [5.41, 5.74) is -0.807. The summed E-state index contributed by atoms with van der Waals surface area (Å²) in [5, 5.41) is 3.05. The molecule has 1 saturated heterocycles. The number of likely N-dealkylation sites (tertiary alicyclic amines) is 1. The van der Waals surface area contributed by atoms with Crippen LogP contribution in [0.3, 0.4) is 0 Å². The Bertz CT molecular complexity index is 759. The molecular formula is C19H30N4O3. The number of nitrogens with one attached hydrogen (secondary N) is 1. The van der Waals surface area contributed by atoms with Crippen molar-refractivity contribution in [1.29, 1.82) is 0 Å². The monoisotopic (exact) mass is 362 g/mol. The van der Waals surface area contributed by atoms with Crippen molar-refractivity contribution < 1.29 is 4.79 Å². The lowest BCUT2D eigenvalue weighted by Gasteiger charge is -2.38. The first-order valence-electron chi connectivity index (χ1n) is 9.79. The SMILES string of the molecule is Cn1c(C(=O)N[C@H]2CCCN(C3CCCCCC3)C2)cc(=O)n(C)c1=O. The van der Waals surface area contributed by atoms with Crippen molar-refractivity contribution in [1.82, 2.24) is 19.4 Å². The topological polar surface area (TPSA) is 76.3 Å². The largest absolute Gasteiger partial charge is 0.347 e. The highest BCUT2D eigenvalue weighted by molar-refractivity contribution is 5.92. The van der Waals surface area contributed by atoms with E-state index in [-0.39, 0.29) is 17.6 Å². The van der Waals surface area contributed by atoms with Crippen LogP contribution in [0, 0.1) is 0 Å². The van der Waals surface area contributed by atoms with Crippen molar-refractivity contribution in [2.24, 2.45) is 14.1 Å². The van der Waals surface area contributed by atoms with Crippen LogP contribution in [0.5, 0.6) is 0 Å². The summed E-state index contributed by atoms with van der Waals surface area (Å²) in [4.78, 5) is 39.1. The van der Waals surface area contributed by atoms with Gasteiger partial charge >= 0.3 is 5.69 Å². The molecule has 1 aliphatic carbocycles. The Morgan fingerprint density at radius 2 is 1.69 bits per heavy atom. The molecular weight excluding hydrogens is 332 g/mol. The molecule has 1 saturated carbocycles. The first-order valence-corrected chi connectivity index (χ1v) is 9.79. The summed E-state index contributed by atoms with van der Waals surface area (Å²) in [6.07, 6.45) is 9.78. The van der Waals surface area contributed by atoms with E-state index in [1.165, 1.54) is 63.3 Å². The van der Waals surface area contributed by atoms with Crippen LogP contribution in [0.15, 0.2) is 15.7 Å². The minimum atomic E-state index is -0.480. The number of hydrogen-bond donors (Lipinski definition) is 1. The lowest BCUT2D eigenvalue weighted by molar-refractivity contribution is 0.0851. The summed E-state index contributed by atoms with van der Waals surface area (Å²) in [6.45, 7) is 1.95. The summed E-state index contributed by atoms with van der Waals surface area (Å²) < 4.78 is 2.24. The van der Waals surface area contributed by atoms with Crippen LogP contribution in [-0.2, 0) is 14.1 Å². The van der Waals surface area contributed by atoms with Gasteiger partial charge in [-0.15, -0.1) is 0 Å². The van der Waals surface area contributed by atoms with Crippen LogP contribution < -0.4 is 16.6 Å². The first-order chi connectivity index (χ1) is 12.5. The molecule has 26 heavy (non-hydrogen) atoms. The molecule has 2 aliphatic rings. The molecule has 2 heterocycles. The molecule has 1 N–H and O–H groups in total. The van der Waals surface area contributed by atoms with Crippen molar-refractivity contribution >= 4 is 5.91 Å². The van der Waals surface area contributed by atoms with Gasteiger partial charge in [0, 0.05) is 38.8 Å². The average Bonchev–Trinajstić information content (AvgIpc) is 2.92. The highest BCUT2D eigenvalue weighted by Crippen LogP contribution is 2.24. The normalized spacial score (nSPS) is 22.8. The third kappa shape index (κ3) is 4.09. The lowest BCUT2D eigenvalue weighted by atomic mass is 10.00. The van der Waals surface area contributed by atoms with E-state index in [4.69, 9.17) is 0 Å². The van der Waals surface area contributed by atoms with Crippen LogP contribution in [0.2, 0.25) is 0 Å². The first kappa shape index (κ1) is 18.9. The highest BCUT2D eigenvalue weighted by Gasteiger charge is 2.28. The summed E-state index contributed by atoms with van der Waals surface area (Å²) in [7, 11) is 2.94. The van der Waals surface area contributed by atoms with E-state index < -0.39 is 11.2 Å². The van der Waals surface area contributed by atoms with Gasteiger partial charge in [0.25, 0.3) is 11.5 Å². The van der Waals surface area contributed by atoms with Crippen LogP contribution in [-0.4, -0.2) is 45.1 Å². The van der Waals surface area contributed by atoms with Crippen molar-refractivity contribution in [2.45, 2.75) is 63.5 Å². The van der Waals surface area contributed by atoms with Gasteiger partial charge < -0.3 is 5.32 Å². The molecule has 0 bridgehead atoms. The summed E-state index contributed by atoms with van der Waals surface area (Å²) in [5.74, 6) is -0.338. The van der Waals surface area contributed by atoms with E-state index in [0.29, 0.717) is 6.04 Å². The van der Waals surface area contributed by atoms with Crippen LogP contribution in [0.1, 0.15) is 61.9 Å². The fourth-order valence-electron chi connectivity index (χ4n) is 4.29. The second-order valence-electron chi connectivity index (χ2n) is 7.72. The molecule has 0 spiro atoms. The second kappa shape index (κ2) is 8.20. The number of rotatable bonds is 3. The Hall–Kier alpha value is -1.89. The van der Waals surface area contributed by atoms with Crippen molar-refractivity contribution in [2.75, 3.05) is 13.1 Å². The Labute approximate surface area is 154 Å². The maximum absolute atomic E-state index is 12.6. The molecule has 3 rings (SSSR count). The summed E-state index contributed by atoms with van der Waals surface area (Å²) in [6, 6.07) is 1.94. The lowest BCUT2D eigenvalue weighted by Crippen LogP contribution is -2.51. The number of carbonyl (C=O) groups excluding carboxylic acids is 1. The second-order valence-corrected chi connectivity index (χ2v) is 7.72. The van der Waals surface area contributed by atoms with Crippen molar-refractivity contribution in [3.63, 3.8) is 0 Å². The predicted molar refractivity (Wildman–Crippen MR) is 100 cm³/mol. The molecule has 7 heteroatoms.